The molecule has 0 spiro atoms. The Morgan fingerprint density at radius 2 is 2.04 bits per heavy atom. The third-order valence-corrected chi connectivity index (χ3v) is 5.17. The fourth-order valence-electron chi connectivity index (χ4n) is 2.66. The zero-order chi connectivity index (χ0) is 16.7. The number of rotatable bonds is 7. The molecule has 1 aliphatic rings. The van der Waals surface area contributed by atoms with Crippen molar-refractivity contribution in [3.05, 3.63) is 29.3 Å². The van der Waals surface area contributed by atoms with Crippen molar-refractivity contribution in [2.75, 3.05) is 43.6 Å². The van der Waals surface area contributed by atoms with Crippen LogP contribution in [0.2, 0.25) is 0 Å². The van der Waals surface area contributed by atoms with E-state index in [1.807, 2.05) is 23.9 Å². The smallest absolute Gasteiger partial charge is 0.227 e. The molecule has 3 N–H and O–H groups in total. The van der Waals surface area contributed by atoms with Gasteiger partial charge in [-0.15, -0.1) is 24.8 Å². The average molecular weight is 410 g/mol. The van der Waals surface area contributed by atoms with Crippen molar-refractivity contribution in [3.8, 4) is 0 Å². The van der Waals surface area contributed by atoms with Crippen LogP contribution < -0.4 is 11.1 Å². The first-order valence-corrected chi connectivity index (χ1v) is 9.20. The topological polar surface area (TPSA) is 67.6 Å². The number of halogens is 2. The molecule has 0 radical (unpaired) electrons. The van der Waals surface area contributed by atoms with Crippen LogP contribution in [0.3, 0.4) is 0 Å². The number of hydrogen-bond donors (Lipinski definition) is 2. The summed E-state index contributed by atoms with van der Waals surface area (Å²) < 4.78 is 5.17. The molecule has 1 unspecified atom stereocenters. The summed E-state index contributed by atoms with van der Waals surface area (Å²) in [6.07, 6.45) is 0.0457. The van der Waals surface area contributed by atoms with Crippen LogP contribution >= 0.6 is 36.6 Å². The number of methoxy groups -OCH3 is 1. The van der Waals surface area contributed by atoms with E-state index in [1.54, 1.807) is 7.11 Å². The number of carbonyl (C=O) groups excluding carboxylic acids is 1. The summed E-state index contributed by atoms with van der Waals surface area (Å²) in [4.78, 5) is 14.6. The molecule has 2 rings (SSSR count). The molecule has 0 aromatic heterocycles. The fourth-order valence-corrected chi connectivity index (χ4v) is 3.64. The van der Waals surface area contributed by atoms with Crippen LogP contribution in [0.5, 0.6) is 0 Å². The molecule has 1 atom stereocenters. The lowest BCUT2D eigenvalue weighted by atomic mass is 10.1. The number of ether oxygens (including phenoxy) is 1. The summed E-state index contributed by atoms with van der Waals surface area (Å²) in [6.45, 7) is 5.62. The largest absolute Gasteiger partial charge is 0.380 e. The number of benzene rings is 1. The Kier molecular flexibility index (Phi) is 12.5. The predicted octanol–water partition coefficient (Wildman–Crippen LogP) is 2.69. The molecule has 1 aliphatic heterocycles. The van der Waals surface area contributed by atoms with Gasteiger partial charge in [0, 0.05) is 50.5 Å². The third-order valence-electron chi connectivity index (χ3n) is 4.23. The minimum atomic E-state index is -0.232. The monoisotopic (exact) mass is 409 g/mol. The first-order valence-electron chi connectivity index (χ1n) is 8.05. The Morgan fingerprint density at radius 3 is 2.64 bits per heavy atom. The standard InChI is InChI=1S/C17H27N3O2S.2ClH/c1-13-14(12-20-6-8-23-9-7-20)4-3-5-16(13)19-17(21)10-15(11-18)22-2;;/h3-5,15H,6-12,18H2,1-2H3,(H,19,21);2*1H. The number of nitrogens with two attached hydrogens (primary N) is 1. The maximum Gasteiger partial charge on any atom is 0.227 e. The Balaban J connectivity index is 0.00000288. The van der Waals surface area contributed by atoms with Crippen LogP contribution in [-0.2, 0) is 16.1 Å². The van der Waals surface area contributed by atoms with Crippen LogP contribution in [0.1, 0.15) is 17.5 Å². The zero-order valence-corrected chi connectivity index (χ0v) is 17.3. The predicted molar refractivity (Wildman–Crippen MR) is 111 cm³/mol. The van der Waals surface area contributed by atoms with E-state index in [0.717, 1.165) is 30.9 Å². The van der Waals surface area contributed by atoms with Crippen molar-refractivity contribution in [2.45, 2.75) is 26.0 Å². The van der Waals surface area contributed by atoms with Crippen molar-refractivity contribution in [3.63, 3.8) is 0 Å². The van der Waals surface area contributed by atoms with Gasteiger partial charge in [0.15, 0.2) is 0 Å². The van der Waals surface area contributed by atoms with E-state index in [4.69, 9.17) is 10.5 Å². The summed E-state index contributed by atoms with van der Waals surface area (Å²) in [5, 5.41) is 2.99. The highest BCUT2D eigenvalue weighted by atomic mass is 35.5. The molecule has 0 aliphatic carbocycles. The van der Waals surface area contributed by atoms with Gasteiger partial charge in [-0.3, -0.25) is 9.69 Å². The molecular formula is C17H29Cl2N3O2S. The second-order valence-electron chi connectivity index (χ2n) is 5.82. The van der Waals surface area contributed by atoms with Gasteiger partial charge in [0.25, 0.3) is 0 Å². The average Bonchev–Trinajstić information content (AvgIpc) is 2.57. The van der Waals surface area contributed by atoms with Crippen molar-refractivity contribution in [1.82, 2.24) is 4.90 Å². The Hall–Kier alpha value is -0.500. The van der Waals surface area contributed by atoms with Gasteiger partial charge in [-0.1, -0.05) is 12.1 Å². The van der Waals surface area contributed by atoms with Crippen LogP contribution in [0.4, 0.5) is 5.69 Å². The molecule has 1 fully saturated rings. The summed E-state index contributed by atoms with van der Waals surface area (Å²) in [6, 6.07) is 6.10. The minimum Gasteiger partial charge on any atom is -0.380 e. The number of amides is 1. The molecule has 144 valence electrons. The van der Waals surface area contributed by atoms with Gasteiger partial charge in [0.05, 0.1) is 12.5 Å². The first-order chi connectivity index (χ1) is 11.1. The number of nitrogens with zero attached hydrogens (tertiary/aromatic N) is 1. The molecule has 1 amide bonds. The van der Waals surface area contributed by atoms with Gasteiger partial charge in [-0.05, 0) is 24.1 Å². The second-order valence-corrected chi connectivity index (χ2v) is 7.05. The number of nitrogens with one attached hydrogen (secondary N) is 1. The van der Waals surface area contributed by atoms with Crippen LogP contribution in [-0.4, -0.2) is 55.2 Å². The van der Waals surface area contributed by atoms with Gasteiger partial charge < -0.3 is 15.8 Å². The number of hydrogen-bond acceptors (Lipinski definition) is 5. The van der Waals surface area contributed by atoms with E-state index in [-0.39, 0.29) is 43.2 Å². The van der Waals surface area contributed by atoms with Crippen molar-refractivity contribution in [1.29, 1.82) is 0 Å². The highest BCUT2D eigenvalue weighted by Gasteiger charge is 2.15. The Labute approximate surface area is 167 Å². The molecular weight excluding hydrogens is 381 g/mol. The van der Waals surface area contributed by atoms with Gasteiger partial charge in [0.1, 0.15) is 0 Å². The van der Waals surface area contributed by atoms with E-state index >= 15 is 0 Å². The fraction of sp³-hybridized carbons (Fsp3) is 0.588. The van der Waals surface area contributed by atoms with Crippen LogP contribution in [0.25, 0.3) is 0 Å². The highest BCUT2D eigenvalue weighted by Crippen LogP contribution is 2.22. The normalized spacial score (nSPS) is 15.6. The number of anilines is 1. The lowest BCUT2D eigenvalue weighted by Gasteiger charge is -2.27. The second kappa shape index (κ2) is 12.8. The molecule has 0 saturated carbocycles. The SMILES string of the molecule is COC(CN)CC(=O)Nc1cccc(CN2CCSCC2)c1C.Cl.Cl. The van der Waals surface area contributed by atoms with Gasteiger partial charge >= 0.3 is 0 Å². The van der Waals surface area contributed by atoms with E-state index in [2.05, 4.69) is 23.2 Å². The van der Waals surface area contributed by atoms with Gasteiger partial charge in [0.2, 0.25) is 5.91 Å². The molecule has 25 heavy (non-hydrogen) atoms. The van der Waals surface area contributed by atoms with Crippen molar-refractivity contribution in [2.24, 2.45) is 5.73 Å². The molecule has 0 bridgehead atoms. The first kappa shape index (κ1) is 24.5. The molecule has 1 aromatic rings. The molecule has 8 heteroatoms. The molecule has 1 aromatic carbocycles. The van der Waals surface area contributed by atoms with E-state index < -0.39 is 0 Å². The number of thioether (sulfide) groups is 1. The third kappa shape index (κ3) is 7.72. The maximum absolute atomic E-state index is 12.1. The highest BCUT2D eigenvalue weighted by molar-refractivity contribution is 7.99. The zero-order valence-electron chi connectivity index (χ0n) is 14.8. The Morgan fingerprint density at radius 1 is 1.36 bits per heavy atom. The Bertz CT molecular complexity index is 525. The van der Waals surface area contributed by atoms with Gasteiger partial charge in [-0.25, -0.2) is 0 Å². The van der Waals surface area contributed by atoms with E-state index in [9.17, 15) is 4.79 Å². The summed E-state index contributed by atoms with van der Waals surface area (Å²) in [7, 11) is 1.58. The van der Waals surface area contributed by atoms with Crippen molar-refractivity contribution >= 4 is 48.2 Å². The molecule has 1 heterocycles. The minimum absolute atomic E-state index is 0. The van der Waals surface area contributed by atoms with Gasteiger partial charge in [-0.2, -0.15) is 11.8 Å². The number of carbonyl (C=O) groups is 1. The molecule has 5 nitrogen and oxygen atoms in total. The quantitative estimate of drug-likeness (QED) is 0.724. The molecule has 1 saturated heterocycles. The van der Waals surface area contributed by atoms with Crippen LogP contribution in [0.15, 0.2) is 18.2 Å². The van der Waals surface area contributed by atoms with Crippen LogP contribution in [0, 0.1) is 6.92 Å². The lowest BCUT2D eigenvalue weighted by molar-refractivity contribution is -0.118. The van der Waals surface area contributed by atoms with E-state index in [0.29, 0.717) is 6.54 Å². The summed E-state index contributed by atoms with van der Waals surface area (Å²) >= 11 is 2.01. The summed E-state index contributed by atoms with van der Waals surface area (Å²) in [5.74, 6) is 2.34. The maximum atomic E-state index is 12.1. The lowest BCUT2D eigenvalue weighted by Crippen LogP contribution is -2.32. The summed E-state index contributed by atoms with van der Waals surface area (Å²) in [5.41, 5.74) is 8.87. The van der Waals surface area contributed by atoms with Crippen molar-refractivity contribution < 1.29 is 9.53 Å². The van der Waals surface area contributed by atoms with E-state index in [1.165, 1.54) is 17.1 Å².